The third-order valence-electron chi connectivity index (χ3n) is 3.50. The molecule has 0 amide bonds. The molecule has 0 spiro atoms. The van der Waals surface area contributed by atoms with Crippen LogP contribution in [-0.2, 0) is 6.18 Å². The Bertz CT molecular complexity index is 888. The highest BCUT2D eigenvalue weighted by atomic mass is 32.1. The molecule has 0 radical (unpaired) electrons. The van der Waals surface area contributed by atoms with E-state index < -0.39 is 16.7 Å². The lowest BCUT2D eigenvalue weighted by Gasteiger charge is -2.12. The highest BCUT2D eigenvalue weighted by Gasteiger charge is 2.39. The summed E-state index contributed by atoms with van der Waals surface area (Å²) < 4.78 is 41.0. The number of halogens is 3. The molecule has 0 fully saturated rings. The third-order valence-corrected chi connectivity index (χ3v) is 4.53. The van der Waals surface area contributed by atoms with E-state index in [-0.39, 0.29) is 21.7 Å². The fraction of sp³-hybridized carbons (Fsp3) is 0.0588. The van der Waals surface area contributed by atoms with Crippen molar-refractivity contribution in [3.8, 4) is 21.6 Å². The van der Waals surface area contributed by atoms with Crippen LogP contribution in [0, 0.1) is 10.1 Å². The van der Waals surface area contributed by atoms with Crippen LogP contribution < -0.4 is 0 Å². The van der Waals surface area contributed by atoms with Gasteiger partial charge in [-0.15, -0.1) is 11.3 Å². The second kappa shape index (κ2) is 6.09. The van der Waals surface area contributed by atoms with Crippen LogP contribution in [0.2, 0.25) is 0 Å². The maximum Gasteiger partial charge on any atom is 0.418 e. The fourth-order valence-electron chi connectivity index (χ4n) is 2.50. The van der Waals surface area contributed by atoms with Crippen LogP contribution in [0.4, 0.5) is 18.9 Å². The van der Waals surface area contributed by atoms with Crippen molar-refractivity contribution in [2.75, 3.05) is 0 Å². The topological polar surface area (TPSA) is 43.1 Å². The van der Waals surface area contributed by atoms with E-state index >= 15 is 0 Å². The molecule has 0 unspecified atom stereocenters. The van der Waals surface area contributed by atoms with Crippen LogP contribution in [0.25, 0.3) is 21.6 Å². The molecule has 0 aliphatic heterocycles. The van der Waals surface area contributed by atoms with E-state index in [1.165, 1.54) is 29.6 Å². The van der Waals surface area contributed by atoms with Gasteiger partial charge in [0.2, 0.25) is 0 Å². The Balaban J connectivity index is 2.28. The Morgan fingerprint density at radius 2 is 1.54 bits per heavy atom. The van der Waals surface area contributed by atoms with E-state index in [4.69, 9.17) is 0 Å². The van der Waals surface area contributed by atoms with Crippen molar-refractivity contribution in [1.82, 2.24) is 0 Å². The van der Waals surface area contributed by atoms with Gasteiger partial charge in [-0.25, -0.2) is 0 Å². The zero-order chi connectivity index (χ0) is 17.3. The summed E-state index contributed by atoms with van der Waals surface area (Å²) in [6.07, 6.45) is -4.62. The molecule has 2 aromatic carbocycles. The molecule has 122 valence electrons. The lowest BCUT2D eigenvalue weighted by molar-refractivity contribution is -0.384. The number of hydrogen-bond donors (Lipinski definition) is 0. The van der Waals surface area contributed by atoms with Crippen LogP contribution >= 0.6 is 11.3 Å². The molecular weight excluding hydrogens is 339 g/mol. The van der Waals surface area contributed by atoms with Crippen LogP contribution in [0.3, 0.4) is 0 Å². The van der Waals surface area contributed by atoms with Gasteiger partial charge in [0.15, 0.2) is 0 Å². The summed E-state index contributed by atoms with van der Waals surface area (Å²) >= 11 is 0.929. The quantitative estimate of drug-likeness (QED) is 0.429. The van der Waals surface area contributed by atoms with Crippen molar-refractivity contribution in [3.63, 3.8) is 0 Å². The lowest BCUT2D eigenvalue weighted by atomic mass is 9.98. The molecule has 3 aromatic rings. The minimum absolute atomic E-state index is 0.0340. The minimum Gasteiger partial charge on any atom is -0.258 e. The monoisotopic (exact) mass is 349 g/mol. The first-order valence-electron chi connectivity index (χ1n) is 6.87. The SMILES string of the molecule is O=[N+]([O-])c1ccccc1-c1csc(-c2ccccc2)c1C(F)(F)F. The molecule has 1 aromatic heterocycles. The fourth-order valence-corrected chi connectivity index (χ4v) is 3.60. The second-order valence-corrected chi connectivity index (χ2v) is 5.87. The summed E-state index contributed by atoms with van der Waals surface area (Å²) in [5.74, 6) is 0. The van der Waals surface area contributed by atoms with Crippen LogP contribution in [0.15, 0.2) is 60.0 Å². The Hall–Kier alpha value is -2.67. The molecule has 0 saturated carbocycles. The first kappa shape index (κ1) is 16.2. The van der Waals surface area contributed by atoms with Crippen molar-refractivity contribution < 1.29 is 18.1 Å². The number of nitro groups is 1. The molecule has 3 rings (SSSR count). The van der Waals surface area contributed by atoms with Gasteiger partial charge in [0, 0.05) is 21.9 Å². The number of hydrogen-bond acceptors (Lipinski definition) is 3. The van der Waals surface area contributed by atoms with E-state index in [0.717, 1.165) is 11.3 Å². The van der Waals surface area contributed by atoms with E-state index in [9.17, 15) is 23.3 Å². The highest BCUT2D eigenvalue weighted by Crippen LogP contribution is 2.48. The van der Waals surface area contributed by atoms with Crippen molar-refractivity contribution in [2.45, 2.75) is 6.18 Å². The number of para-hydroxylation sites is 1. The molecule has 7 heteroatoms. The third kappa shape index (κ3) is 2.90. The number of thiophene rings is 1. The maximum atomic E-state index is 13.7. The maximum absolute atomic E-state index is 13.7. The summed E-state index contributed by atoms with van der Waals surface area (Å²) in [5, 5.41) is 12.5. The smallest absolute Gasteiger partial charge is 0.258 e. The summed E-state index contributed by atoms with van der Waals surface area (Å²) in [6.45, 7) is 0. The first-order valence-corrected chi connectivity index (χ1v) is 7.75. The highest BCUT2D eigenvalue weighted by molar-refractivity contribution is 7.14. The van der Waals surface area contributed by atoms with Gasteiger partial charge < -0.3 is 0 Å². The predicted molar refractivity (Wildman–Crippen MR) is 86.8 cm³/mol. The number of benzene rings is 2. The summed E-state index contributed by atoms with van der Waals surface area (Å²) in [4.78, 5) is 10.5. The average Bonchev–Trinajstić information content (AvgIpc) is 3.01. The molecule has 24 heavy (non-hydrogen) atoms. The summed E-state index contributed by atoms with van der Waals surface area (Å²) in [5.41, 5.74) is -0.958. The molecule has 0 N–H and O–H groups in total. The average molecular weight is 349 g/mol. The summed E-state index contributed by atoms with van der Waals surface area (Å²) in [6, 6.07) is 13.7. The molecule has 0 bridgehead atoms. The van der Waals surface area contributed by atoms with Crippen molar-refractivity contribution in [2.24, 2.45) is 0 Å². The lowest BCUT2D eigenvalue weighted by Crippen LogP contribution is -2.07. The van der Waals surface area contributed by atoms with Gasteiger partial charge in [-0.05, 0) is 11.6 Å². The van der Waals surface area contributed by atoms with Crippen molar-refractivity contribution >= 4 is 17.0 Å². The number of rotatable bonds is 3. The van der Waals surface area contributed by atoms with E-state index in [0.29, 0.717) is 5.56 Å². The van der Waals surface area contributed by atoms with E-state index in [1.807, 2.05) is 0 Å². The Labute approximate surface area is 139 Å². The first-order chi connectivity index (χ1) is 11.4. The Morgan fingerprint density at radius 1 is 0.917 bits per heavy atom. The number of alkyl halides is 3. The zero-order valence-corrected chi connectivity index (χ0v) is 12.9. The zero-order valence-electron chi connectivity index (χ0n) is 12.1. The molecule has 0 saturated heterocycles. The molecule has 0 aliphatic rings. The van der Waals surface area contributed by atoms with Gasteiger partial charge in [-0.1, -0.05) is 42.5 Å². The van der Waals surface area contributed by atoms with Gasteiger partial charge in [0.25, 0.3) is 5.69 Å². The van der Waals surface area contributed by atoms with Gasteiger partial charge >= 0.3 is 6.18 Å². The van der Waals surface area contributed by atoms with Gasteiger partial charge in [-0.2, -0.15) is 13.2 Å². The summed E-state index contributed by atoms with van der Waals surface area (Å²) in [7, 11) is 0. The second-order valence-electron chi connectivity index (χ2n) is 4.99. The van der Waals surface area contributed by atoms with Crippen LogP contribution in [-0.4, -0.2) is 4.92 Å². The molecule has 0 atom stereocenters. The minimum atomic E-state index is -4.62. The van der Waals surface area contributed by atoms with Gasteiger partial charge in [0.1, 0.15) is 0 Å². The Kier molecular flexibility index (Phi) is 4.11. The number of nitro benzene ring substituents is 1. The van der Waals surface area contributed by atoms with Crippen molar-refractivity contribution in [1.29, 1.82) is 0 Å². The van der Waals surface area contributed by atoms with Gasteiger partial charge in [-0.3, -0.25) is 10.1 Å². The predicted octanol–water partition coefficient (Wildman–Crippen LogP) is 6.01. The van der Waals surface area contributed by atoms with Gasteiger partial charge in [0.05, 0.1) is 16.1 Å². The molecule has 3 nitrogen and oxygen atoms in total. The Morgan fingerprint density at radius 3 is 2.17 bits per heavy atom. The largest absolute Gasteiger partial charge is 0.418 e. The molecule has 1 heterocycles. The molecular formula is C17H10F3NO2S. The molecule has 0 aliphatic carbocycles. The van der Waals surface area contributed by atoms with E-state index in [1.54, 1.807) is 30.3 Å². The van der Waals surface area contributed by atoms with Crippen molar-refractivity contribution in [3.05, 3.63) is 75.7 Å². The van der Waals surface area contributed by atoms with Crippen LogP contribution in [0.5, 0.6) is 0 Å². The normalized spacial score (nSPS) is 11.5. The van der Waals surface area contributed by atoms with E-state index in [2.05, 4.69) is 0 Å². The standard InChI is InChI=1S/C17H10F3NO2S/c18-17(19,20)15-13(12-8-4-5-9-14(12)21(22)23)10-24-16(15)11-6-2-1-3-7-11/h1-10H. The van der Waals surface area contributed by atoms with Crippen LogP contribution in [0.1, 0.15) is 5.56 Å². The number of nitrogens with zero attached hydrogens (tertiary/aromatic N) is 1.